The second-order valence-corrected chi connectivity index (χ2v) is 7.02. The molecule has 2 rings (SSSR count). The van der Waals surface area contributed by atoms with Crippen LogP contribution in [0.3, 0.4) is 0 Å². The zero-order valence-electron chi connectivity index (χ0n) is 16.8. The van der Waals surface area contributed by atoms with Crippen LogP contribution in [0.25, 0.3) is 0 Å². The number of benzene rings is 2. The molecule has 0 aliphatic rings. The summed E-state index contributed by atoms with van der Waals surface area (Å²) in [5, 5.41) is 5.46. The lowest BCUT2D eigenvalue weighted by Crippen LogP contribution is -2.37. The number of anilines is 2. The largest absolute Gasteiger partial charge is 0.416 e. The standard InChI is InChI=1S/C21H23ClF3N3O2/c1-4-28(5-2)19(14-7-6-8-15(11-14)21(23,24)25)20(30)27-18-10-9-16(12-17(18)22)26-13(3)29/h6-12,19H,4-5H2,1-3H3,(H,26,29)(H,27,30)/t19-/m0/s1. The van der Waals surface area contributed by atoms with Crippen LogP contribution in [0.4, 0.5) is 24.5 Å². The third-order valence-electron chi connectivity index (χ3n) is 4.50. The van der Waals surface area contributed by atoms with E-state index in [0.717, 1.165) is 12.1 Å². The normalized spacial score (nSPS) is 12.5. The molecule has 0 saturated carbocycles. The Hall–Kier alpha value is -2.58. The second kappa shape index (κ2) is 9.95. The van der Waals surface area contributed by atoms with Gasteiger partial charge in [0.2, 0.25) is 11.8 Å². The molecule has 0 bridgehead atoms. The van der Waals surface area contributed by atoms with Gasteiger partial charge < -0.3 is 10.6 Å². The van der Waals surface area contributed by atoms with E-state index in [9.17, 15) is 22.8 Å². The highest BCUT2D eigenvalue weighted by molar-refractivity contribution is 6.34. The number of nitrogens with one attached hydrogen (secondary N) is 2. The SMILES string of the molecule is CCN(CC)[C@H](C(=O)Nc1ccc(NC(C)=O)cc1Cl)c1cccc(C(F)(F)F)c1. The third kappa shape index (κ3) is 5.96. The summed E-state index contributed by atoms with van der Waals surface area (Å²) in [4.78, 5) is 26.0. The van der Waals surface area contributed by atoms with Gasteiger partial charge in [0.15, 0.2) is 0 Å². The van der Waals surface area contributed by atoms with Gasteiger partial charge in [-0.3, -0.25) is 14.5 Å². The first-order valence-corrected chi connectivity index (χ1v) is 9.73. The van der Waals surface area contributed by atoms with E-state index in [1.54, 1.807) is 11.0 Å². The Balaban J connectivity index is 2.37. The molecule has 1 atom stereocenters. The number of halogens is 4. The molecular weight excluding hydrogens is 419 g/mol. The van der Waals surface area contributed by atoms with Gasteiger partial charge in [0.1, 0.15) is 6.04 Å². The molecule has 9 heteroatoms. The van der Waals surface area contributed by atoms with E-state index >= 15 is 0 Å². The maximum Gasteiger partial charge on any atom is 0.416 e. The summed E-state index contributed by atoms with van der Waals surface area (Å²) in [6.45, 7) is 5.92. The molecule has 0 unspecified atom stereocenters. The van der Waals surface area contributed by atoms with E-state index in [0.29, 0.717) is 24.5 Å². The molecular formula is C21H23ClF3N3O2. The fourth-order valence-electron chi connectivity index (χ4n) is 3.10. The average molecular weight is 442 g/mol. The Morgan fingerprint density at radius 2 is 1.73 bits per heavy atom. The zero-order chi connectivity index (χ0) is 22.5. The summed E-state index contributed by atoms with van der Waals surface area (Å²) in [5.41, 5.74) is 0.170. The lowest BCUT2D eigenvalue weighted by Gasteiger charge is -2.29. The fraction of sp³-hybridized carbons (Fsp3) is 0.333. The number of carbonyl (C=O) groups is 2. The summed E-state index contributed by atoms with van der Waals surface area (Å²) in [5.74, 6) is -0.777. The van der Waals surface area contributed by atoms with Gasteiger partial charge in [0.05, 0.1) is 16.3 Å². The molecule has 2 N–H and O–H groups in total. The van der Waals surface area contributed by atoms with E-state index in [4.69, 9.17) is 11.6 Å². The molecule has 2 amide bonds. The van der Waals surface area contributed by atoms with Crippen molar-refractivity contribution in [3.05, 3.63) is 58.6 Å². The lowest BCUT2D eigenvalue weighted by molar-refractivity contribution is -0.137. The van der Waals surface area contributed by atoms with Crippen molar-refractivity contribution >= 4 is 34.8 Å². The van der Waals surface area contributed by atoms with Gasteiger partial charge in [-0.1, -0.05) is 37.6 Å². The van der Waals surface area contributed by atoms with Crippen molar-refractivity contribution in [3.63, 3.8) is 0 Å². The van der Waals surface area contributed by atoms with E-state index in [1.165, 1.54) is 31.2 Å². The van der Waals surface area contributed by atoms with Gasteiger partial charge in [0.25, 0.3) is 0 Å². The lowest BCUT2D eigenvalue weighted by atomic mass is 10.0. The summed E-state index contributed by atoms with van der Waals surface area (Å²) < 4.78 is 39.5. The first-order valence-electron chi connectivity index (χ1n) is 9.36. The first-order chi connectivity index (χ1) is 14.1. The van der Waals surface area contributed by atoms with Crippen LogP contribution in [0.1, 0.15) is 37.9 Å². The van der Waals surface area contributed by atoms with Crippen LogP contribution in [0.5, 0.6) is 0 Å². The molecule has 0 aromatic heterocycles. The van der Waals surface area contributed by atoms with Crippen LogP contribution in [-0.4, -0.2) is 29.8 Å². The van der Waals surface area contributed by atoms with Crippen molar-refractivity contribution < 1.29 is 22.8 Å². The average Bonchev–Trinajstić information content (AvgIpc) is 2.67. The van der Waals surface area contributed by atoms with Gasteiger partial charge in [-0.25, -0.2) is 0 Å². The number of rotatable bonds is 7. The van der Waals surface area contributed by atoms with E-state index in [2.05, 4.69) is 10.6 Å². The van der Waals surface area contributed by atoms with Crippen LogP contribution in [-0.2, 0) is 15.8 Å². The van der Waals surface area contributed by atoms with Crippen molar-refractivity contribution in [3.8, 4) is 0 Å². The molecule has 0 fully saturated rings. The van der Waals surface area contributed by atoms with E-state index < -0.39 is 23.7 Å². The molecule has 2 aromatic carbocycles. The van der Waals surface area contributed by atoms with Crippen molar-refractivity contribution in [1.82, 2.24) is 4.90 Å². The molecule has 0 aliphatic carbocycles. The Morgan fingerprint density at radius 3 is 2.27 bits per heavy atom. The Bertz CT molecular complexity index is 915. The quantitative estimate of drug-likeness (QED) is 0.609. The molecule has 5 nitrogen and oxygen atoms in total. The number of likely N-dealkylation sites (N-methyl/N-ethyl adjacent to an activating group) is 1. The number of nitrogens with zero attached hydrogens (tertiary/aromatic N) is 1. The van der Waals surface area contributed by atoms with E-state index in [-0.39, 0.29) is 16.5 Å². The number of amides is 2. The zero-order valence-corrected chi connectivity index (χ0v) is 17.6. The predicted molar refractivity (Wildman–Crippen MR) is 111 cm³/mol. The van der Waals surface area contributed by atoms with Crippen LogP contribution in [0.2, 0.25) is 5.02 Å². The maximum absolute atomic E-state index is 13.2. The number of carbonyl (C=O) groups excluding carboxylic acids is 2. The number of alkyl halides is 3. The summed E-state index contributed by atoms with van der Waals surface area (Å²) in [6.07, 6.45) is -4.51. The predicted octanol–water partition coefficient (Wildman–Crippen LogP) is 5.34. The first kappa shape index (κ1) is 23.7. The number of hydrogen-bond donors (Lipinski definition) is 2. The Morgan fingerprint density at radius 1 is 1.07 bits per heavy atom. The smallest absolute Gasteiger partial charge is 0.326 e. The fourth-order valence-corrected chi connectivity index (χ4v) is 3.33. The van der Waals surface area contributed by atoms with Crippen molar-refractivity contribution in [2.75, 3.05) is 23.7 Å². The van der Waals surface area contributed by atoms with Crippen LogP contribution in [0, 0.1) is 0 Å². The van der Waals surface area contributed by atoms with Gasteiger partial charge in [-0.2, -0.15) is 13.2 Å². The highest BCUT2D eigenvalue weighted by Gasteiger charge is 2.33. The summed E-state index contributed by atoms with van der Waals surface area (Å²) in [6, 6.07) is 8.39. The van der Waals surface area contributed by atoms with E-state index in [1.807, 2.05) is 13.8 Å². The minimum Gasteiger partial charge on any atom is -0.326 e. The molecule has 2 aromatic rings. The van der Waals surface area contributed by atoms with Crippen LogP contribution >= 0.6 is 11.6 Å². The van der Waals surface area contributed by atoms with Gasteiger partial charge in [-0.15, -0.1) is 0 Å². The van der Waals surface area contributed by atoms with Crippen LogP contribution < -0.4 is 10.6 Å². The molecule has 0 spiro atoms. The maximum atomic E-state index is 13.2. The topological polar surface area (TPSA) is 61.4 Å². The highest BCUT2D eigenvalue weighted by atomic mass is 35.5. The van der Waals surface area contributed by atoms with Crippen molar-refractivity contribution in [1.29, 1.82) is 0 Å². The Kier molecular flexibility index (Phi) is 7.86. The van der Waals surface area contributed by atoms with Crippen LogP contribution in [0.15, 0.2) is 42.5 Å². The minimum absolute atomic E-state index is 0.192. The molecule has 162 valence electrons. The summed E-state index contributed by atoms with van der Waals surface area (Å²) in [7, 11) is 0. The third-order valence-corrected chi connectivity index (χ3v) is 4.82. The molecule has 0 saturated heterocycles. The molecule has 0 radical (unpaired) electrons. The summed E-state index contributed by atoms with van der Waals surface area (Å²) >= 11 is 6.21. The monoisotopic (exact) mass is 441 g/mol. The van der Waals surface area contributed by atoms with Gasteiger partial charge in [0, 0.05) is 12.6 Å². The Labute approximate surface area is 178 Å². The molecule has 30 heavy (non-hydrogen) atoms. The van der Waals surface area contributed by atoms with Crippen molar-refractivity contribution in [2.45, 2.75) is 33.0 Å². The highest BCUT2D eigenvalue weighted by Crippen LogP contribution is 2.33. The van der Waals surface area contributed by atoms with Gasteiger partial charge >= 0.3 is 6.18 Å². The van der Waals surface area contributed by atoms with Crippen molar-refractivity contribution in [2.24, 2.45) is 0 Å². The van der Waals surface area contributed by atoms with Gasteiger partial charge in [-0.05, 0) is 49.0 Å². The molecule has 0 aliphatic heterocycles. The number of hydrogen-bond acceptors (Lipinski definition) is 3. The second-order valence-electron chi connectivity index (χ2n) is 6.61. The molecule has 0 heterocycles. The minimum atomic E-state index is -4.51.